The summed E-state index contributed by atoms with van der Waals surface area (Å²) in [5, 5.41) is 4.95. The van der Waals surface area contributed by atoms with Gasteiger partial charge in [-0.1, -0.05) is 11.6 Å². The van der Waals surface area contributed by atoms with Gasteiger partial charge in [0, 0.05) is 25.2 Å². The first-order valence-corrected chi connectivity index (χ1v) is 11.3. The Kier molecular flexibility index (Phi) is 6.82. The molecule has 12 heteroatoms. The molecule has 10 nitrogen and oxygen atoms in total. The van der Waals surface area contributed by atoms with Crippen molar-refractivity contribution < 1.29 is 23.5 Å². The maximum Gasteiger partial charge on any atom is 0.310 e. The van der Waals surface area contributed by atoms with E-state index >= 15 is 0 Å². The number of carbonyl (C=O) groups is 3. The number of rotatable bonds is 5. The zero-order valence-electron chi connectivity index (χ0n) is 18.3. The van der Waals surface area contributed by atoms with Crippen LogP contribution in [-0.4, -0.2) is 47.4 Å². The molecular weight excluding hydrogens is 469 g/mol. The van der Waals surface area contributed by atoms with Gasteiger partial charge in [-0.15, -0.1) is 0 Å². The second-order valence-electron chi connectivity index (χ2n) is 8.11. The Bertz CT molecular complexity index is 1200. The number of nitrogens with zero attached hydrogens (tertiary/aromatic N) is 2. The van der Waals surface area contributed by atoms with Crippen LogP contribution in [0.4, 0.5) is 21.8 Å². The molecule has 2 aliphatic rings. The summed E-state index contributed by atoms with van der Waals surface area (Å²) in [7, 11) is 0. The largest absolute Gasteiger partial charge is 0.466 e. The van der Waals surface area contributed by atoms with E-state index in [1.807, 2.05) is 0 Å². The molecule has 2 atom stereocenters. The highest BCUT2D eigenvalue weighted by atomic mass is 35.5. The van der Waals surface area contributed by atoms with Gasteiger partial charge in [-0.2, -0.15) is 4.98 Å². The Labute approximate surface area is 198 Å². The number of hydrogen-bond donors (Lipinski definition) is 3. The SMILES string of the molecule is CCOC(=O)C1CCCN(c2nc3c(c(=O)[nH]2)C(C(=O)Nc2ccc(F)c(Cl)c2)CC(=O)N3)C1. The lowest BCUT2D eigenvalue weighted by molar-refractivity contribution is -0.148. The standard InChI is InChI=1S/C22H23ClFN5O5/c1-2-34-21(33)11-4-3-7-29(10-11)22-27-18-17(20(32)28-22)13(9-16(30)26-18)19(31)25-12-5-6-15(24)14(23)8-12/h5-6,8,11,13H,2-4,7,9-10H2,1H3,(H,25,31)(H2,26,27,28,30,32). The number of amides is 2. The van der Waals surface area contributed by atoms with Gasteiger partial charge in [-0.3, -0.25) is 24.2 Å². The monoisotopic (exact) mass is 491 g/mol. The van der Waals surface area contributed by atoms with Crippen LogP contribution in [-0.2, 0) is 19.1 Å². The molecular formula is C22H23ClFN5O5. The van der Waals surface area contributed by atoms with Gasteiger partial charge >= 0.3 is 5.97 Å². The van der Waals surface area contributed by atoms with Crippen molar-refractivity contribution in [2.24, 2.45) is 5.92 Å². The number of halogens is 2. The zero-order valence-corrected chi connectivity index (χ0v) is 19.1. The van der Waals surface area contributed by atoms with Crippen molar-refractivity contribution in [1.82, 2.24) is 9.97 Å². The molecule has 0 bridgehead atoms. The van der Waals surface area contributed by atoms with E-state index in [2.05, 4.69) is 20.6 Å². The molecule has 2 aliphatic heterocycles. The predicted molar refractivity (Wildman–Crippen MR) is 122 cm³/mol. The van der Waals surface area contributed by atoms with E-state index < -0.39 is 29.1 Å². The number of hydrogen-bond acceptors (Lipinski definition) is 7. The minimum atomic E-state index is -1.11. The first kappa shape index (κ1) is 23.7. The third-order valence-corrected chi connectivity index (χ3v) is 6.07. The maximum atomic E-state index is 13.4. The van der Waals surface area contributed by atoms with Crippen LogP contribution in [0.2, 0.25) is 5.02 Å². The number of H-pyrrole nitrogens is 1. The van der Waals surface area contributed by atoms with Crippen LogP contribution in [0.25, 0.3) is 0 Å². The number of benzene rings is 1. The van der Waals surface area contributed by atoms with Gasteiger partial charge in [0.2, 0.25) is 17.8 Å². The summed E-state index contributed by atoms with van der Waals surface area (Å²) in [6, 6.07) is 3.66. The van der Waals surface area contributed by atoms with E-state index in [1.165, 1.54) is 12.1 Å². The number of fused-ring (bicyclic) bond motifs is 1. The summed E-state index contributed by atoms with van der Waals surface area (Å²) in [5.41, 5.74) is -0.327. The molecule has 180 valence electrons. The molecule has 1 aromatic heterocycles. The van der Waals surface area contributed by atoms with Gasteiger partial charge in [0.05, 0.1) is 29.0 Å². The van der Waals surface area contributed by atoms with Crippen molar-refractivity contribution in [3.8, 4) is 0 Å². The molecule has 3 N–H and O–H groups in total. The Morgan fingerprint density at radius 3 is 2.88 bits per heavy atom. The van der Waals surface area contributed by atoms with Crippen molar-refractivity contribution in [1.29, 1.82) is 0 Å². The molecule has 34 heavy (non-hydrogen) atoms. The van der Waals surface area contributed by atoms with E-state index in [0.29, 0.717) is 25.9 Å². The summed E-state index contributed by atoms with van der Waals surface area (Å²) in [5.74, 6) is -3.32. The Balaban J connectivity index is 1.59. The fourth-order valence-electron chi connectivity index (χ4n) is 4.16. The van der Waals surface area contributed by atoms with Gasteiger partial charge in [0.25, 0.3) is 5.56 Å². The fraction of sp³-hybridized carbons (Fsp3) is 0.409. The molecule has 2 unspecified atom stereocenters. The molecule has 3 heterocycles. The van der Waals surface area contributed by atoms with E-state index in [1.54, 1.807) is 11.8 Å². The molecule has 0 spiro atoms. The number of ether oxygens (including phenoxy) is 1. The van der Waals surface area contributed by atoms with Crippen LogP contribution in [0.5, 0.6) is 0 Å². The van der Waals surface area contributed by atoms with E-state index in [9.17, 15) is 23.6 Å². The lowest BCUT2D eigenvalue weighted by atomic mass is 9.92. The van der Waals surface area contributed by atoms with Crippen LogP contribution in [0.3, 0.4) is 0 Å². The smallest absolute Gasteiger partial charge is 0.310 e. The topological polar surface area (TPSA) is 133 Å². The molecule has 2 amide bonds. The minimum Gasteiger partial charge on any atom is -0.466 e. The third kappa shape index (κ3) is 4.89. The number of anilines is 3. The van der Waals surface area contributed by atoms with Gasteiger partial charge < -0.3 is 20.3 Å². The zero-order chi connectivity index (χ0) is 24.4. The lowest BCUT2D eigenvalue weighted by Crippen LogP contribution is -2.42. The molecule has 4 rings (SSSR count). The first-order valence-electron chi connectivity index (χ1n) is 10.9. The number of carbonyl (C=O) groups excluding carboxylic acids is 3. The average Bonchev–Trinajstić information content (AvgIpc) is 2.80. The van der Waals surface area contributed by atoms with Gasteiger partial charge in [-0.25, -0.2) is 4.39 Å². The van der Waals surface area contributed by atoms with Crippen LogP contribution in [0.15, 0.2) is 23.0 Å². The number of esters is 1. The first-order chi connectivity index (χ1) is 16.3. The number of piperidine rings is 1. The number of nitrogens with one attached hydrogen (secondary N) is 3. The van der Waals surface area contributed by atoms with Gasteiger partial charge in [0.15, 0.2) is 0 Å². The van der Waals surface area contributed by atoms with Crippen molar-refractivity contribution >= 4 is 46.8 Å². The molecule has 0 radical (unpaired) electrons. The highest BCUT2D eigenvalue weighted by Gasteiger charge is 2.36. The molecule has 1 fully saturated rings. The third-order valence-electron chi connectivity index (χ3n) is 5.78. The molecule has 0 saturated carbocycles. The molecule has 1 aromatic carbocycles. The highest BCUT2D eigenvalue weighted by Crippen LogP contribution is 2.31. The normalized spacial score (nSPS) is 19.7. The van der Waals surface area contributed by atoms with Crippen molar-refractivity contribution in [3.63, 3.8) is 0 Å². The second kappa shape index (κ2) is 9.80. The molecule has 1 saturated heterocycles. The van der Waals surface area contributed by atoms with E-state index in [-0.39, 0.29) is 53.0 Å². The van der Waals surface area contributed by atoms with Crippen molar-refractivity contribution in [2.75, 3.05) is 35.2 Å². The Morgan fingerprint density at radius 2 is 2.15 bits per heavy atom. The second-order valence-corrected chi connectivity index (χ2v) is 8.52. The Hall–Kier alpha value is -3.47. The number of aromatic nitrogens is 2. The van der Waals surface area contributed by atoms with Crippen LogP contribution in [0, 0.1) is 11.7 Å². The summed E-state index contributed by atoms with van der Waals surface area (Å²) in [6.45, 7) is 2.88. The van der Waals surface area contributed by atoms with Gasteiger partial charge in [-0.05, 0) is 38.0 Å². The van der Waals surface area contributed by atoms with E-state index in [4.69, 9.17) is 16.3 Å². The van der Waals surface area contributed by atoms with Gasteiger partial charge in [0.1, 0.15) is 11.6 Å². The Morgan fingerprint density at radius 1 is 1.35 bits per heavy atom. The van der Waals surface area contributed by atoms with Crippen molar-refractivity contribution in [3.05, 3.63) is 45.0 Å². The number of aromatic amines is 1. The average molecular weight is 492 g/mol. The maximum absolute atomic E-state index is 13.4. The molecule has 2 aromatic rings. The summed E-state index contributed by atoms with van der Waals surface area (Å²) < 4.78 is 18.5. The van der Waals surface area contributed by atoms with Crippen LogP contribution in [0.1, 0.15) is 37.7 Å². The van der Waals surface area contributed by atoms with Crippen molar-refractivity contribution in [2.45, 2.75) is 32.1 Å². The predicted octanol–water partition coefficient (Wildman–Crippen LogP) is 2.41. The summed E-state index contributed by atoms with van der Waals surface area (Å²) in [6.07, 6.45) is 1.10. The summed E-state index contributed by atoms with van der Waals surface area (Å²) in [4.78, 5) is 59.2. The van der Waals surface area contributed by atoms with Crippen LogP contribution < -0.4 is 21.1 Å². The van der Waals surface area contributed by atoms with Crippen LogP contribution >= 0.6 is 11.6 Å². The highest BCUT2D eigenvalue weighted by molar-refractivity contribution is 6.31. The molecule has 0 aliphatic carbocycles. The van der Waals surface area contributed by atoms with E-state index in [0.717, 1.165) is 6.07 Å². The summed E-state index contributed by atoms with van der Waals surface area (Å²) >= 11 is 5.76. The minimum absolute atomic E-state index is 0.00875. The quantitative estimate of drug-likeness (QED) is 0.547. The fourth-order valence-corrected chi connectivity index (χ4v) is 4.34. The lowest BCUT2D eigenvalue weighted by Gasteiger charge is -2.32.